The van der Waals surface area contributed by atoms with Crippen molar-refractivity contribution < 1.29 is 19.4 Å². The molecule has 4 nitrogen and oxygen atoms in total. The molecule has 0 amide bonds. The molecule has 4 heteroatoms. The Morgan fingerprint density at radius 2 is 1.86 bits per heavy atom. The van der Waals surface area contributed by atoms with E-state index in [-0.39, 0.29) is 19.8 Å². The minimum Gasteiger partial charge on any atom is -0.489 e. The van der Waals surface area contributed by atoms with Crippen LogP contribution >= 0.6 is 0 Å². The zero-order chi connectivity index (χ0) is 20.5. The van der Waals surface area contributed by atoms with Crippen LogP contribution in [0.5, 0.6) is 5.75 Å². The molecule has 0 heterocycles. The van der Waals surface area contributed by atoms with Gasteiger partial charge in [0.1, 0.15) is 19.0 Å². The number of carbonyl (C=O) groups is 1. The lowest BCUT2D eigenvalue weighted by atomic mass is 9.94. The Morgan fingerprint density at radius 1 is 1.11 bits per heavy atom. The van der Waals surface area contributed by atoms with E-state index in [2.05, 4.69) is 50.8 Å². The highest BCUT2D eigenvalue weighted by Gasteiger charge is 2.12. The Morgan fingerprint density at radius 3 is 2.54 bits per heavy atom. The van der Waals surface area contributed by atoms with Gasteiger partial charge in [0, 0.05) is 17.7 Å². The number of rotatable bonds is 10. The van der Waals surface area contributed by atoms with Crippen LogP contribution in [0.1, 0.15) is 37.0 Å². The summed E-state index contributed by atoms with van der Waals surface area (Å²) in [4.78, 5) is 11.5. The summed E-state index contributed by atoms with van der Waals surface area (Å²) in [5, 5.41) is 9.11. The van der Waals surface area contributed by atoms with Crippen LogP contribution in [0.2, 0.25) is 0 Å². The number of aliphatic hydroxyl groups is 1. The minimum atomic E-state index is -0.410. The van der Waals surface area contributed by atoms with Crippen LogP contribution in [0, 0.1) is 6.92 Å². The van der Waals surface area contributed by atoms with Gasteiger partial charge in [-0.2, -0.15) is 0 Å². The maximum Gasteiger partial charge on any atom is 0.333 e. The maximum atomic E-state index is 11.5. The molecule has 2 aromatic rings. The molecule has 1 N–H and O–H groups in total. The number of hydrogen-bond acceptors (Lipinski definition) is 4. The van der Waals surface area contributed by atoms with Crippen molar-refractivity contribution in [2.75, 3.05) is 19.8 Å². The van der Waals surface area contributed by atoms with Gasteiger partial charge in [-0.05, 0) is 55.9 Å². The van der Waals surface area contributed by atoms with Gasteiger partial charge in [0.05, 0.1) is 0 Å². The number of carbonyl (C=O) groups excluding carboxylic acids is 1. The Hall–Kier alpha value is -2.59. The molecule has 2 aromatic carbocycles. The van der Waals surface area contributed by atoms with Crippen molar-refractivity contribution in [1.29, 1.82) is 0 Å². The molecule has 0 aromatic heterocycles. The Bertz CT molecular complexity index is 823. The number of aryl methyl sites for hydroxylation is 3. The van der Waals surface area contributed by atoms with Gasteiger partial charge in [0.25, 0.3) is 0 Å². The summed E-state index contributed by atoms with van der Waals surface area (Å²) in [6.45, 7) is 10.0. The fourth-order valence-corrected chi connectivity index (χ4v) is 3.03. The van der Waals surface area contributed by atoms with E-state index in [9.17, 15) is 4.79 Å². The molecular weight excluding hydrogens is 352 g/mol. The summed E-state index contributed by atoms with van der Waals surface area (Å²) in [5.74, 6) is 0.354. The van der Waals surface area contributed by atoms with Gasteiger partial charge in [0.15, 0.2) is 0 Å². The molecule has 0 radical (unpaired) electrons. The summed E-state index contributed by atoms with van der Waals surface area (Å²) in [7, 11) is 0. The topological polar surface area (TPSA) is 55.8 Å². The molecular formula is C24H30O4. The van der Waals surface area contributed by atoms with Crippen molar-refractivity contribution in [2.24, 2.45) is 0 Å². The van der Waals surface area contributed by atoms with Crippen molar-refractivity contribution >= 4 is 5.97 Å². The van der Waals surface area contributed by atoms with Gasteiger partial charge in [-0.25, -0.2) is 4.79 Å². The summed E-state index contributed by atoms with van der Waals surface area (Å²) >= 11 is 0. The molecule has 0 aliphatic carbocycles. The normalized spacial score (nSPS) is 10.6. The largest absolute Gasteiger partial charge is 0.489 e. The Labute approximate surface area is 167 Å². The summed E-state index contributed by atoms with van der Waals surface area (Å²) in [6, 6.07) is 12.6. The molecule has 28 heavy (non-hydrogen) atoms. The quantitative estimate of drug-likeness (QED) is 0.369. The predicted molar refractivity (Wildman–Crippen MR) is 113 cm³/mol. The van der Waals surface area contributed by atoms with E-state index >= 15 is 0 Å². The average Bonchev–Trinajstić information content (AvgIpc) is 2.69. The van der Waals surface area contributed by atoms with Gasteiger partial charge < -0.3 is 14.6 Å². The average molecular weight is 383 g/mol. The first-order chi connectivity index (χ1) is 13.5. The highest BCUT2D eigenvalue weighted by molar-refractivity contribution is 5.86. The van der Waals surface area contributed by atoms with Crippen LogP contribution < -0.4 is 4.74 Å². The van der Waals surface area contributed by atoms with Crippen molar-refractivity contribution in [3.63, 3.8) is 0 Å². The van der Waals surface area contributed by atoms with Crippen molar-refractivity contribution in [1.82, 2.24) is 0 Å². The Kier molecular flexibility index (Phi) is 8.27. The molecule has 0 bridgehead atoms. The molecule has 0 fully saturated rings. The van der Waals surface area contributed by atoms with Crippen LogP contribution in [-0.2, 0) is 22.4 Å². The van der Waals surface area contributed by atoms with Gasteiger partial charge >= 0.3 is 5.97 Å². The number of hydrogen-bond donors (Lipinski definition) is 1. The van der Waals surface area contributed by atoms with E-state index in [1.807, 2.05) is 6.07 Å². The van der Waals surface area contributed by atoms with Crippen LogP contribution in [0.15, 0.2) is 48.6 Å². The third-order valence-electron chi connectivity index (χ3n) is 4.52. The second kappa shape index (κ2) is 10.7. The number of ether oxygens (including phenoxy) is 2. The van der Waals surface area contributed by atoms with Crippen molar-refractivity contribution in [2.45, 2.75) is 40.0 Å². The first-order valence-corrected chi connectivity index (χ1v) is 9.75. The van der Waals surface area contributed by atoms with E-state index in [0.717, 1.165) is 35.3 Å². The van der Waals surface area contributed by atoms with E-state index < -0.39 is 5.97 Å². The van der Waals surface area contributed by atoms with Gasteiger partial charge in [0.2, 0.25) is 0 Å². The van der Waals surface area contributed by atoms with Gasteiger partial charge in [-0.3, -0.25) is 0 Å². The fourth-order valence-electron chi connectivity index (χ4n) is 3.03. The number of aliphatic hydroxyl groups excluding tert-OH is 1. The number of benzene rings is 2. The highest BCUT2D eigenvalue weighted by Crippen LogP contribution is 2.34. The van der Waals surface area contributed by atoms with E-state index in [0.29, 0.717) is 12.0 Å². The predicted octanol–water partition coefficient (Wildman–Crippen LogP) is 4.65. The lowest BCUT2D eigenvalue weighted by Crippen LogP contribution is -2.13. The SMILES string of the molecule is C=C(C)C(=O)OCCOc1cc(CCCO)ccc1-c1ccc(C)cc1CC. The lowest BCUT2D eigenvalue weighted by Gasteiger charge is -2.16. The molecule has 0 aliphatic rings. The van der Waals surface area contributed by atoms with Crippen molar-refractivity contribution in [3.8, 4) is 16.9 Å². The van der Waals surface area contributed by atoms with E-state index in [4.69, 9.17) is 14.6 Å². The number of esters is 1. The van der Waals surface area contributed by atoms with Crippen LogP contribution in [0.25, 0.3) is 11.1 Å². The highest BCUT2D eigenvalue weighted by atomic mass is 16.6. The smallest absolute Gasteiger partial charge is 0.333 e. The molecule has 2 rings (SSSR count). The standard InChI is InChI=1S/C24H30O4/c1-5-20-15-18(4)8-10-21(20)22-11-9-19(7-6-12-25)16-23(22)27-13-14-28-24(26)17(2)3/h8-11,15-16,25H,2,5-7,12-14H2,1,3-4H3. The lowest BCUT2D eigenvalue weighted by molar-refractivity contribution is -0.139. The fraction of sp³-hybridized carbons (Fsp3) is 0.375. The zero-order valence-corrected chi connectivity index (χ0v) is 17.1. The summed E-state index contributed by atoms with van der Waals surface area (Å²) in [6.07, 6.45) is 2.42. The Balaban J connectivity index is 2.26. The maximum absolute atomic E-state index is 11.5. The molecule has 0 aliphatic heterocycles. The second-order valence-corrected chi connectivity index (χ2v) is 6.94. The molecule has 0 saturated carbocycles. The molecule has 150 valence electrons. The third-order valence-corrected chi connectivity index (χ3v) is 4.52. The summed E-state index contributed by atoms with van der Waals surface area (Å²) in [5.41, 5.74) is 6.15. The van der Waals surface area contributed by atoms with E-state index in [1.54, 1.807) is 6.92 Å². The second-order valence-electron chi connectivity index (χ2n) is 6.94. The summed E-state index contributed by atoms with van der Waals surface area (Å²) < 4.78 is 11.1. The molecule has 0 unspecified atom stereocenters. The molecule has 0 spiro atoms. The van der Waals surface area contributed by atoms with Gasteiger partial charge in [-0.15, -0.1) is 0 Å². The van der Waals surface area contributed by atoms with Crippen molar-refractivity contribution in [3.05, 3.63) is 65.2 Å². The molecule has 0 atom stereocenters. The van der Waals surface area contributed by atoms with Gasteiger partial charge in [-0.1, -0.05) is 49.4 Å². The van der Waals surface area contributed by atoms with Crippen LogP contribution in [-0.4, -0.2) is 30.9 Å². The van der Waals surface area contributed by atoms with Crippen LogP contribution in [0.4, 0.5) is 0 Å². The zero-order valence-electron chi connectivity index (χ0n) is 17.1. The first-order valence-electron chi connectivity index (χ1n) is 9.75. The monoisotopic (exact) mass is 382 g/mol. The first kappa shape index (κ1) is 21.7. The molecule has 0 saturated heterocycles. The third kappa shape index (κ3) is 5.96. The van der Waals surface area contributed by atoms with E-state index in [1.165, 1.54) is 11.1 Å². The minimum absolute atomic E-state index is 0.159. The van der Waals surface area contributed by atoms with Crippen LogP contribution in [0.3, 0.4) is 0 Å².